The molecule has 0 spiro atoms. The molecule has 192 valence electrons. The van der Waals surface area contributed by atoms with Gasteiger partial charge in [-0.15, -0.1) is 0 Å². The summed E-state index contributed by atoms with van der Waals surface area (Å²) in [5.74, 6) is 1.39. The van der Waals surface area contributed by atoms with Crippen molar-refractivity contribution in [1.29, 1.82) is 5.41 Å². The number of hydrazone groups is 1. The predicted molar refractivity (Wildman–Crippen MR) is 150 cm³/mol. The second-order valence-electron chi connectivity index (χ2n) is 8.67. The van der Waals surface area contributed by atoms with Crippen LogP contribution in [0.1, 0.15) is 22.3 Å². The second kappa shape index (κ2) is 10.9. The summed E-state index contributed by atoms with van der Waals surface area (Å²) >= 11 is 1.27. The smallest absolute Gasteiger partial charge is 0.283 e. The fraction of sp³-hybridized carbons (Fsp3) is 0.172. The third-order valence-corrected chi connectivity index (χ3v) is 6.87. The number of aryl methyl sites for hydroxylation is 2. The number of methoxy groups -OCH3 is 1. The number of carbonyl (C=O) groups excluding carboxylic acids is 1. The minimum absolute atomic E-state index is 0.0266. The van der Waals surface area contributed by atoms with Gasteiger partial charge in [0.1, 0.15) is 24.0 Å². The van der Waals surface area contributed by atoms with Crippen LogP contribution in [0, 0.1) is 19.3 Å². The summed E-state index contributed by atoms with van der Waals surface area (Å²) in [4.78, 5) is 17.0. The number of hydrogen-bond donors (Lipinski definition) is 1. The minimum Gasteiger partial charge on any atom is -0.493 e. The first kappa shape index (κ1) is 25.3. The van der Waals surface area contributed by atoms with Crippen LogP contribution in [0.3, 0.4) is 0 Å². The Hall–Kier alpha value is -4.37. The lowest BCUT2D eigenvalue weighted by Crippen LogP contribution is -2.35. The molecule has 2 aliphatic heterocycles. The summed E-state index contributed by atoms with van der Waals surface area (Å²) in [6.45, 7) is 4.74. The molecule has 8 nitrogen and oxygen atoms in total. The predicted octanol–water partition coefficient (Wildman–Crippen LogP) is 5.44. The Morgan fingerprint density at radius 1 is 0.947 bits per heavy atom. The van der Waals surface area contributed by atoms with E-state index in [1.54, 1.807) is 31.4 Å². The molecule has 1 N–H and O–H groups in total. The van der Waals surface area contributed by atoms with Gasteiger partial charge in [0.2, 0.25) is 5.17 Å². The standard InChI is InChI=1S/C29H26N4O4S/c1-18-9-10-19(2)24(15-18)37-14-13-36-23-12-11-20(17-25(23)35-3)16-22-26(30)33-29(31-27(22)34)38-28(32-33)21-7-5-4-6-8-21/h4-12,15-17,30H,13-14H2,1-3H3. The van der Waals surface area contributed by atoms with Crippen molar-refractivity contribution in [2.45, 2.75) is 13.8 Å². The number of amides is 1. The number of amidine groups is 2. The highest BCUT2D eigenvalue weighted by molar-refractivity contribution is 8.27. The normalized spacial score (nSPS) is 15.8. The summed E-state index contributed by atoms with van der Waals surface area (Å²) in [6, 6.07) is 21.0. The Labute approximate surface area is 225 Å². The molecule has 0 saturated carbocycles. The minimum atomic E-state index is -0.485. The Morgan fingerprint density at radius 3 is 2.47 bits per heavy atom. The monoisotopic (exact) mass is 526 g/mol. The van der Waals surface area contributed by atoms with Crippen molar-refractivity contribution in [1.82, 2.24) is 5.01 Å². The molecule has 0 saturated heterocycles. The topological polar surface area (TPSA) is 96.6 Å². The Bertz CT molecular complexity index is 1500. The van der Waals surface area contributed by atoms with Gasteiger partial charge in [-0.2, -0.15) is 15.1 Å². The molecular formula is C29H26N4O4S. The van der Waals surface area contributed by atoms with Gasteiger partial charge < -0.3 is 14.2 Å². The largest absolute Gasteiger partial charge is 0.493 e. The number of fused-ring (bicyclic) bond motifs is 1. The molecule has 0 radical (unpaired) electrons. The van der Waals surface area contributed by atoms with Gasteiger partial charge in [-0.05, 0) is 66.6 Å². The summed E-state index contributed by atoms with van der Waals surface area (Å²) < 4.78 is 17.3. The number of aliphatic imine (C=N–C) groups is 1. The van der Waals surface area contributed by atoms with Gasteiger partial charge in [-0.3, -0.25) is 10.2 Å². The molecule has 38 heavy (non-hydrogen) atoms. The fourth-order valence-corrected chi connectivity index (χ4v) is 4.81. The van der Waals surface area contributed by atoms with E-state index in [-0.39, 0.29) is 11.4 Å². The van der Waals surface area contributed by atoms with Crippen LogP contribution < -0.4 is 14.2 Å². The maximum Gasteiger partial charge on any atom is 0.283 e. The van der Waals surface area contributed by atoms with Crippen molar-refractivity contribution < 1.29 is 19.0 Å². The summed E-state index contributed by atoms with van der Waals surface area (Å²) in [6.07, 6.45) is 1.61. The Morgan fingerprint density at radius 2 is 1.71 bits per heavy atom. The van der Waals surface area contributed by atoms with Crippen LogP contribution in [0.5, 0.6) is 17.2 Å². The zero-order chi connectivity index (χ0) is 26.6. The van der Waals surface area contributed by atoms with Gasteiger partial charge >= 0.3 is 0 Å². The molecule has 1 amide bonds. The summed E-state index contributed by atoms with van der Waals surface area (Å²) in [7, 11) is 1.55. The van der Waals surface area contributed by atoms with E-state index < -0.39 is 5.91 Å². The van der Waals surface area contributed by atoms with E-state index in [4.69, 9.17) is 19.6 Å². The van der Waals surface area contributed by atoms with E-state index in [9.17, 15) is 4.79 Å². The van der Waals surface area contributed by atoms with Gasteiger partial charge in [0.15, 0.2) is 17.3 Å². The maximum atomic E-state index is 12.8. The number of ether oxygens (including phenoxy) is 3. The van der Waals surface area contributed by atoms with E-state index in [0.29, 0.717) is 40.5 Å². The molecule has 0 fully saturated rings. The second-order valence-corrected chi connectivity index (χ2v) is 9.62. The molecule has 2 heterocycles. The zero-order valence-corrected chi connectivity index (χ0v) is 22.0. The summed E-state index contributed by atoms with van der Waals surface area (Å²) in [5.41, 5.74) is 3.92. The molecule has 2 aliphatic rings. The van der Waals surface area contributed by atoms with Crippen LogP contribution in [0.2, 0.25) is 0 Å². The van der Waals surface area contributed by atoms with E-state index >= 15 is 0 Å². The third-order valence-electron chi connectivity index (χ3n) is 5.92. The molecule has 0 aromatic heterocycles. The van der Waals surface area contributed by atoms with E-state index in [0.717, 1.165) is 22.4 Å². The van der Waals surface area contributed by atoms with Crippen LogP contribution >= 0.6 is 11.8 Å². The van der Waals surface area contributed by atoms with Gasteiger partial charge in [-0.1, -0.05) is 48.5 Å². The third kappa shape index (κ3) is 5.33. The fourth-order valence-electron chi connectivity index (χ4n) is 3.92. The number of thioether (sulfide) groups is 1. The Balaban J connectivity index is 1.28. The van der Waals surface area contributed by atoms with Crippen molar-refractivity contribution in [3.8, 4) is 17.2 Å². The number of nitrogens with one attached hydrogen (secondary N) is 1. The van der Waals surface area contributed by atoms with Crippen molar-refractivity contribution in [3.05, 3.63) is 94.6 Å². The van der Waals surface area contributed by atoms with Crippen LogP contribution in [0.4, 0.5) is 0 Å². The molecule has 3 aromatic carbocycles. The molecule has 0 aliphatic carbocycles. The molecular weight excluding hydrogens is 500 g/mol. The first-order valence-corrected chi connectivity index (χ1v) is 12.8. The number of benzene rings is 3. The van der Waals surface area contributed by atoms with Crippen molar-refractivity contribution in [2.24, 2.45) is 10.1 Å². The number of nitrogens with zero attached hydrogens (tertiary/aromatic N) is 3. The van der Waals surface area contributed by atoms with Crippen molar-refractivity contribution in [3.63, 3.8) is 0 Å². The zero-order valence-electron chi connectivity index (χ0n) is 21.2. The van der Waals surface area contributed by atoms with Crippen molar-refractivity contribution >= 4 is 39.8 Å². The van der Waals surface area contributed by atoms with Crippen LogP contribution in [0.15, 0.2) is 82.4 Å². The van der Waals surface area contributed by atoms with E-state index in [1.165, 1.54) is 16.8 Å². The lowest BCUT2D eigenvalue weighted by Gasteiger charge is -2.20. The molecule has 9 heteroatoms. The first-order chi connectivity index (χ1) is 18.4. The van der Waals surface area contributed by atoms with Crippen LogP contribution in [-0.2, 0) is 4.79 Å². The first-order valence-electron chi connectivity index (χ1n) is 12.0. The molecule has 0 bridgehead atoms. The lowest BCUT2D eigenvalue weighted by molar-refractivity contribution is -0.114. The van der Waals surface area contributed by atoms with E-state index in [1.807, 2.05) is 62.4 Å². The highest BCUT2D eigenvalue weighted by Gasteiger charge is 2.36. The molecule has 5 rings (SSSR count). The molecule has 0 unspecified atom stereocenters. The van der Waals surface area contributed by atoms with Gasteiger partial charge in [0.05, 0.1) is 12.7 Å². The van der Waals surface area contributed by atoms with Crippen LogP contribution in [0.25, 0.3) is 6.08 Å². The van der Waals surface area contributed by atoms with Crippen molar-refractivity contribution in [2.75, 3.05) is 20.3 Å². The van der Waals surface area contributed by atoms with Crippen LogP contribution in [-0.4, -0.2) is 47.3 Å². The molecule has 3 aromatic rings. The average Bonchev–Trinajstić information content (AvgIpc) is 3.36. The lowest BCUT2D eigenvalue weighted by atomic mass is 10.1. The number of carbonyl (C=O) groups is 1. The van der Waals surface area contributed by atoms with E-state index in [2.05, 4.69) is 10.1 Å². The maximum absolute atomic E-state index is 12.8. The highest BCUT2D eigenvalue weighted by Crippen LogP contribution is 2.33. The number of rotatable bonds is 8. The quantitative estimate of drug-likeness (QED) is 0.310. The summed E-state index contributed by atoms with van der Waals surface area (Å²) in [5, 5.41) is 15.6. The Kier molecular flexibility index (Phi) is 7.28. The highest BCUT2D eigenvalue weighted by atomic mass is 32.2. The molecule has 0 atom stereocenters. The van der Waals surface area contributed by atoms with Gasteiger partial charge in [0.25, 0.3) is 5.91 Å². The average molecular weight is 527 g/mol. The van der Waals surface area contributed by atoms with Gasteiger partial charge in [0, 0.05) is 5.56 Å². The van der Waals surface area contributed by atoms with Gasteiger partial charge in [-0.25, -0.2) is 0 Å². The SMILES string of the molecule is COc1cc(C=C2C(=N)N3N=C(c4ccccc4)SC3=NC2=O)ccc1OCCOc1cc(C)ccc1C. The number of hydrogen-bond acceptors (Lipinski definition) is 7.